The number of halogens is 1. The van der Waals surface area contributed by atoms with Crippen LogP contribution in [-0.4, -0.2) is 26.1 Å². The number of amides is 1. The number of aromatic nitrogens is 4. The number of hydrogen-bond donors (Lipinski definition) is 1. The Hall–Kier alpha value is -1.95. The predicted octanol–water partition coefficient (Wildman–Crippen LogP) is 2.09. The number of rotatable bonds is 5. The Morgan fingerprint density at radius 1 is 1.35 bits per heavy atom. The first kappa shape index (κ1) is 14.5. The fourth-order valence-electron chi connectivity index (χ4n) is 2.05. The van der Waals surface area contributed by atoms with Crippen molar-refractivity contribution in [2.45, 2.75) is 33.2 Å². The number of nitrogens with one attached hydrogen (secondary N) is 1. The molecule has 0 bridgehead atoms. The molecule has 0 spiro atoms. The lowest BCUT2D eigenvalue weighted by Gasteiger charge is -2.15. The smallest absolute Gasteiger partial charge is 0.246 e. The van der Waals surface area contributed by atoms with Crippen molar-refractivity contribution in [2.24, 2.45) is 0 Å². The molecule has 106 valence electrons. The highest BCUT2D eigenvalue weighted by molar-refractivity contribution is 6.31. The number of aryl methyl sites for hydroxylation is 1. The third-order valence-corrected chi connectivity index (χ3v) is 3.39. The van der Waals surface area contributed by atoms with Crippen LogP contribution in [0.3, 0.4) is 0 Å². The van der Waals surface area contributed by atoms with Gasteiger partial charge in [-0.15, -0.1) is 5.10 Å². The molecule has 1 N–H and O–H groups in total. The molecule has 0 aliphatic rings. The van der Waals surface area contributed by atoms with Crippen LogP contribution in [0.15, 0.2) is 18.5 Å². The summed E-state index contributed by atoms with van der Waals surface area (Å²) in [6.45, 7) is 4.13. The summed E-state index contributed by atoms with van der Waals surface area (Å²) in [6.07, 6.45) is 2.98. The zero-order valence-electron chi connectivity index (χ0n) is 11.4. The van der Waals surface area contributed by atoms with Crippen molar-refractivity contribution in [1.82, 2.24) is 20.2 Å². The first-order chi connectivity index (χ1) is 9.65. The van der Waals surface area contributed by atoms with E-state index >= 15 is 0 Å². The number of carbonyl (C=O) groups is 1. The average molecular weight is 294 g/mol. The number of tetrazole rings is 1. The molecular formula is C13H16ClN5O. The van der Waals surface area contributed by atoms with E-state index < -0.39 is 0 Å². The Balaban J connectivity index is 2.23. The molecule has 0 atom stereocenters. The van der Waals surface area contributed by atoms with E-state index in [0.29, 0.717) is 5.02 Å². The largest absolute Gasteiger partial charge is 0.324 e. The molecule has 0 aliphatic heterocycles. The highest BCUT2D eigenvalue weighted by atomic mass is 35.5. The number of nitrogens with zero attached hydrogens (tertiary/aromatic N) is 4. The number of carbonyl (C=O) groups excluding carboxylic acids is 1. The minimum atomic E-state index is -0.177. The molecular weight excluding hydrogens is 278 g/mol. The quantitative estimate of drug-likeness (QED) is 0.916. The van der Waals surface area contributed by atoms with Gasteiger partial charge in [0.2, 0.25) is 5.91 Å². The minimum absolute atomic E-state index is 0.0752. The van der Waals surface area contributed by atoms with Gasteiger partial charge in [0, 0.05) is 10.7 Å². The van der Waals surface area contributed by atoms with Crippen molar-refractivity contribution in [3.8, 4) is 0 Å². The monoisotopic (exact) mass is 293 g/mol. The zero-order chi connectivity index (χ0) is 14.5. The fourth-order valence-corrected chi connectivity index (χ4v) is 2.34. The summed E-state index contributed by atoms with van der Waals surface area (Å²) in [5.74, 6) is -0.177. The van der Waals surface area contributed by atoms with E-state index in [4.69, 9.17) is 11.6 Å². The van der Waals surface area contributed by atoms with Crippen LogP contribution in [0.4, 0.5) is 5.69 Å². The number of anilines is 1. The first-order valence-electron chi connectivity index (χ1n) is 6.46. The van der Waals surface area contributed by atoms with Crippen LogP contribution in [0.5, 0.6) is 0 Å². The second kappa shape index (κ2) is 6.47. The molecule has 6 nitrogen and oxygen atoms in total. The van der Waals surface area contributed by atoms with E-state index in [1.807, 2.05) is 26.0 Å². The lowest BCUT2D eigenvalue weighted by Crippen LogP contribution is -2.21. The topological polar surface area (TPSA) is 72.7 Å². The first-order valence-corrected chi connectivity index (χ1v) is 6.84. The third-order valence-electron chi connectivity index (χ3n) is 3.04. The summed E-state index contributed by atoms with van der Waals surface area (Å²) < 4.78 is 1.37. The Morgan fingerprint density at radius 3 is 2.75 bits per heavy atom. The van der Waals surface area contributed by atoms with Crippen LogP contribution in [0, 0.1) is 0 Å². The summed E-state index contributed by atoms with van der Waals surface area (Å²) in [5, 5.41) is 14.2. The molecule has 1 amide bonds. The second-order valence-corrected chi connectivity index (χ2v) is 4.73. The Kier molecular flexibility index (Phi) is 4.68. The van der Waals surface area contributed by atoms with Gasteiger partial charge >= 0.3 is 0 Å². The highest BCUT2D eigenvalue weighted by Gasteiger charge is 2.13. The van der Waals surface area contributed by atoms with Crippen LogP contribution in [-0.2, 0) is 24.2 Å². The van der Waals surface area contributed by atoms with Gasteiger partial charge in [-0.1, -0.05) is 31.5 Å². The molecule has 2 aromatic rings. The number of benzene rings is 1. The molecule has 0 fully saturated rings. The minimum Gasteiger partial charge on any atom is -0.324 e. The molecule has 20 heavy (non-hydrogen) atoms. The molecule has 1 aromatic heterocycles. The van der Waals surface area contributed by atoms with Crippen molar-refractivity contribution in [2.75, 3.05) is 5.32 Å². The van der Waals surface area contributed by atoms with E-state index in [2.05, 4.69) is 20.8 Å². The highest BCUT2D eigenvalue weighted by Crippen LogP contribution is 2.29. The number of hydrogen-bond acceptors (Lipinski definition) is 4. The summed E-state index contributed by atoms with van der Waals surface area (Å²) in [4.78, 5) is 12.1. The standard InChI is InChI=1S/C13H16ClN5O/c1-3-9-5-6-11(14)10(4-2)13(9)16-12(20)7-19-8-15-17-18-19/h5-6,8H,3-4,7H2,1-2H3,(H,16,20). The zero-order valence-corrected chi connectivity index (χ0v) is 12.2. The average Bonchev–Trinajstić information content (AvgIpc) is 2.92. The van der Waals surface area contributed by atoms with Crippen molar-refractivity contribution in [1.29, 1.82) is 0 Å². The Labute approximate surface area is 122 Å². The fraction of sp³-hybridized carbons (Fsp3) is 0.385. The van der Waals surface area contributed by atoms with Crippen molar-refractivity contribution >= 4 is 23.2 Å². The third kappa shape index (κ3) is 3.14. The summed E-state index contributed by atoms with van der Waals surface area (Å²) in [5.41, 5.74) is 2.83. The second-order valence-electron chi connectivity index (χ2n) is 4.32. The summed E-state index contributed by atoms with van der Waals surface area (Å²) >= 11 is 6.20. The maximum atomic E-state index is 12.1. The summed E-state index contributed by atoms with van der Waals surface area (Å²) in [6, 6.07) is 3.81. The van der Waals surface area contributed by atoms with Gasteiger partial charge < -0.3 is 5.32 Å². The lowest BCUT2D eigenvalue weighted by atomic mass is 10.0. The van der Waals surface area contributed by atoms with Gasteiger partial charge in [0.05, 0.1) is 0 Å². The predicted molar refractivity (Wildman–Crippen MR) is 76.7 cm³/mol. The Morgan fingerprint density at radius 2 is 2.15 bits per heavy atom. The molecule has 7 heteroatoms. The molecule has 1 heterocycles. The maximum Gasteiger partial charge on any atom is 0.246 e. The SMILES string of the molecule is CCc1ccc(Cl)c(CC)c1NC(=O)Cn1cnnn1. The Bertz CT molecular complexity index is 597. The molecule has 0 saturated heterocycles. The van der Waals surface area contributed by atoms with Gasteiger partial charge in [0.25, 0.3) is 0 Å². The molecule has 0 saturated carbocycles. The van der Waals surface area contributed by atoms with Gasteiger partial charge in [-0.2, -0.15) is 0 Å². The van der Waals surface area contributed by atoms with Crippen LogP contribution in [0.25, 0.3) is 0 Å². The van der Waals surface area contributed by atoms with Crippen LogP contribution < -0.4 is 5.32 Å². The van der Waals surface area contributed by atoms with Crippen LogP contribution in [0.1, 0.15) is 25.0 Å². The molecule has 1 aromatic carbocycles. The van der Waals surface area contributed by atoms with E-state index in [-0.39, 0.29) is 12.5 Å². The van der Waals surface area contributed by atoms with Gasteiger partial charge in [-0.25, -0.2) is 4.68 Å². The van der Waals surface area contributed by atoms with Gasteiger partial charge in [0.15, 0.2) is 0 Å². The van der Waals surface area contributed by atoms with Crippen molar-refractivity contribution < 1.29 is 4.79 Å². The van der Waals surface area contributed by atoms with Gasteiger partial charge in [-0.3, -0.25) is 4.79 Å². The van der Waals surface area contributed by atoms with Crippen molar-refractivity contribution in [3.63, 3.8) is 0 Å². The van der Waals surface area contributed by atoms with E-state index in [1.54, 1.807) is 0 Å². The van der Waals surface area contributed by atoms with Crippen LogP contribution in [0.2, 0.25) is 5.02 Å². The normalized spacial score (nSPS) is 10.6. The van der Waals surface area contributed by atoms with E-state index in [1.165, 1.54) is 11.0 Å². The van der Waals surface area contributed by atoms with Gasteiger partial charge in [-0.05, 0) is 40.5 Å². The van der Waals surface area contributed by atoms with Crippen molar-refractivity contribution in [3.05, 3.63) is 34.6 Å². The maximum absolute atomic E-state index is 12.1. The van der Waals surface area contributed by atoms with E-state index in [0.717, 1.165) is 29.7 Å². The molecule has 0 unspecified atom stereocenters. The molecule has 0 aliphatic carbocycles. The molecule has 2 rings (SSSR count). The lowest BCUT2D eigenvalue weighted by molar-refractivity contribution is -0.116. The summed E-state index contributed by atoms with van der Waals surface area (Å²) in [7, 11) is 0. The van der Waals surface area contributed by atoms with Crippen LogP contribution >= 0.6 is 11.6 Å². The molecule has 0 radical (unpaired) electrons. The van der Waals surface area contributed by atoms with Gasteiger partial charge in [0.1, 0.15) is 12.9 Å². The van der Waals surface area contributed by atoms with E-state index in [9.17, 15) is 4.79 Å².